The van der Waals surface area contributed by atoms with Crippen molar-refractivity contribution in [3.05, 3.63) is 30.1 Å². The molecule has 1 aromatic rings. The molecule has 0 saturated carbocycles. The number of aliphatic carboxylic acids is 1. The third-order valence-corrected chi connectivity index (χ3v) is 2.86. The molecule has 0 radical (unpaired) electrons. The van der Waals surface area contributed by atoms with E-state index in [0.717, 1.165) is 12.0 Å². The maximum atomic E-state index is 11.0. The number of carbonyl (C=O) groups is 1. The fourth-order valence-electron chi connectivity index (χ4n) is 1.38. The molecule has 1 heterocycles. The number of nitrogens with one attached hydrogen (secondary N) is 1. The van der Waals surface area contributed by atoms with Gasteiger partial charge in [-0.3, -0.25) is 9.78 Å². The molecule has 0 bridgehead atoms. The van der Waals surface area contributed by atoms with Crippen LogP contribution >= 0.6 is 0 Å². The van der Waals surface area contributed by atoms with Crippen LogP contribution < -0.4 is 5.32 Å². The summed E-state index contributed by atoms with van der Waals surface area (Å²) >= 11 is 0. The Morgan fingerprint density at radius 1 is 1.50 bits per heavy atom. The van der Waals surface area contributed by atoms with Gasteiger partial charge in [-0.1, -0.05) is 6.92 Å². The molecule has 0 amide bonds. The number of aromatic nitrogens is 1. The van der Waals surface area contributed by atoms with Crippen LogP contribution in [0.3, 0.4) is 0 Å². The summed E-state index contributed by atoms with van der Waals surface area (Å²) in [5.74, 6) is -0.801. The first-order valence-electron chi connectivity index (χ1n) is 5.46. The second-order valence-electron chi connectivity index (χ2n) is 4.02. The SMILES string of the molecule is CCC(C)(NCCc1ccncc1)C(=O)O. The minimum absolute atomic E-state index is 0.568. The van der Waals surface area contributed by atoms with Gasteiger partial charge in [0.05, 0.1) is 0 Å². The van der Waals surface area contributed by atoms with E-state index in [0.29, 0.717) is 13.0 Å². The van der Waals surface area contributed by atoms with E-state index in [9.17, 15) is 4.79 Å². The van der Waals surface area contributed by atoms with Crippen molar-refractivity contribution in [2.24, 2.45) is 0 Å². The van der Waals surface area contributed by atoms with Crippen molar-refractivity contribution in [1.29, 1.82) is 0 Å². The standard InChI is InChI=1S/C12H18N2O2/c1-3-12(2,11(15)16)14-9-6-10-4-7-13-8-5-10/h4-5,7-8,14H,3,6,9H2,1-2H3,(H,15,16). The highest BCUT2D eigenvalue weighted by Gasteiger charge is 2.29. The Labute approximate surface area is 95.7 Å². The molecular formula is C12H18N2O2. The highest BCUT2D eigenvalue weighted by atomic mass is 16.4. The van der Waals surface area contributed by atoms with E-state index in [1.165, 1.54) is 0 Å². The van der Waals surface area contributed by atoms with Crippen molar-refractivity contribution >= 4 is 5.97 Å². The quantitative estimate of drug-likeness (QED) is 0.765. The summed E-state index contributed by atoms with van der Waals surface area (Å²) in [7, 11) is 0. The van der Waals surface area contributed by atoms with Crippen molar-refractivity contribution in [3.8, 4) is 0 Å². The molecule has 16 heavy (non-hydrogen) atoms. The number of pyridine rings is 1. The molecule has 0 aliphatic carbocycles. The summed E-state index contributed by atoms with van der Waals surface area (Å²) in [6.07, 6.45) is 4.86. The molecule has 0 aliphatic rings. The lowest BCUT2D eigenvalue weighted by Crippen LogP contribution is -2.49. The monoisotopic (exact) mass is 222 g/mol. The summed E-state index contributed by atoms with van der Waals surface area (Å²) in [4.78, 5) is 15.0. The second kappa shape index (κ2) is 5.61. The fraction of sp³-hybridized carbons (Fsp3) is 0.500. The minimum Gasteiger partial charge on any atom is -0.480 e. The molecule has 2 N–H and O–H groups in total. The van der Waals surface area contributed by atoms with Crippen LogP contribution in [0.25, 0.3) is 0 Å². The van der Waals surface area contributed by atoms with Crippen LogP contribution in [0, 0.1) is 0 Å². The van der Waals surface area contributed by atoms with Crippen LogP contribution in [-0.4, -0.2) is 28.1 Å². The molecule has 1 aromatic heterocycles. The Balaban J connectivity index is 2.43. The number of rotatable bonds is 6. The Morgan fingerprint density at radius 3 is 2.62 bits per heavy atom. The summed E-state index contributed by atoms with van der Waals surface area (Å²) < 4.78 is 0. The first kappa shape index (κ1) is 12.6. The highest BCUT2D eigenvalue weighted by molar-refractivity contribution is 5.78. The lowest BCUT2D eigenvalue weighted by Gasteiger charge is -2.24. The van der Waals surface area contributed by atoms with E-state index in [4.69, 9.17) is 5.11 Å². The number of hydrogen-bond donors (Lipinski definition) is 2. The van der Waals surface area contributed by atoms with Crippen molar-refractivity contribution in [2.45, 2.75) is 32.2 Å². The van der Waals surface area contributed by atoms with Crippen LogP contribution in [0.1, 0.15) is 25.8 Å². The number of hydrogen-bond acceptors (Lipinski definition) is 3. The highest BCUT2D eigenvalue weighted by Crippen LogP contribution is 2.09. The molecule has 1 atom stereocenters. The lowest BCUT2D eigenvalue weighted by molar-refractivity contribution is -0.144. The van der Waals surface area contributed by atoms with Crippen molar-refractivity contribution < 1.29 is 9.90 Å². The average molecular weight is 222 g/mol. The van der Waals surface area contributed by atoms with Crippen LogP contribution in [0.2, 0.25) is 0 Å². The van der Waals surface area contributed by atoms with Gasteiger partial charge in [0.1, 0.15) is 5.54 Å². The van der Waals surface area contributed by atoms with E-state index in [-0.39, 0.29) is 0 Å². The van der Waals surface area contributed by atoms with Gasteiger partial charge in [-0.05, 0) is 37.5 Å². The molecule has 1 unspecified atom stereocenters. The van der Waals surface area contributed by atoms with Crippen LogP contribution in [-0.2, 0) is 11.2 Å². The molecule has 0 saturated heterocycles. The van der Waals surface area contributed by atoms with E-state index >= 15 is 0 Å². The Kier molecular flexibility index (Phi) is 4.43. The van der Waals surface area contributed by atoms with Crippen LogP contribution in [0.4, 0.5) is 0 Å². The summed E-state index contributed by atoms with van der Waals surface area (Å²) in [5, 5.41) is 12.1. The third kappa shape index (κ3) is 3.31. The second-order valence-corrected chi connectivity index (χ2v) is 4.02. The molecule has 0 fully saturated rings. The summed E-state index contributed by atoms with van der Waals surface area (Å²) in [5.41, 5.74) is 0.332. The smallest absolute Gasteiger partial charge is 0.323 e. The molecule has 0 spiro atoms. The minimum atomic E-state index is -0.826. The van der Waals surface area contributed by atoms with Gasteiger partial charge in [-0.2, -0.15) is 0 Å². The van der Waals surface area contributed by atoms with Gasteiger partial charge in [0.2, 0.25) is 0 Å². The zero-order valence-electron chi connectivity index (χ0n) is 9.73. The number of carboxylic acids is 1. The third-order valence-electron chi connectivity index (χ3n) is 2.86. The average Bonchev–Trinajstić information content (AvgIpc) is 2.30. The zero-order chi connectivity index (χ0) is 12.0. The van der Waals surface area contributed by atoms with Crippen molar-refractivity contribution in [2.75, 3.05) is 6.54 Å². The largest absolute Gasteiger partial charge is 0.480 e. The van der Waals surface area contributed by atoms with Crippen molar-refractivity contribution in [1.82, 2.24) is 10.3 Å². The Bertz CT molecular complexity index is 340. The maximum absolute atomic E-state index is 11.0. The Hall–Kier alpha value is -1.42. The zero-order valence-corrected chi connectivity index (χ0v) is 9.73. The molecular weight excluding hydrogens is 204 g/mol. The fourth-order valence-corrected chi connectivity index (χ4v) is 1.38. The van der Waals surface area contributed by atoms with Crippen molar-refractivity contribution in [3.63, 3.8) is 0 Å². The molecule has 0 aliphatic heterocycles. The molecule has 1 rings (SSSR count). The Morgan fingerprint density at radius 2 is 2.12 bits per heavy atom. The topological polar surface area (TPSA) is 62.2 Å². The first-order valence-corrected chi connectivity index (χ1v) is 5.46. The molecule has 88 valence electrons. The number of carboxylic acid groups (broad SMARTS) is 1. The molecule has 4 nitrogen and oxygen atoms in total. The van der Waals surface area contributed by atoms with E-state index in [1.807, 2.05) is 19.1 Å². The van der Waals surface area contributed by atoms with Gasteiger partial charge in [-0.25, -0.2) is 0 Å². The van der Waals surface area contributed by atoms with Gasteiger partial charge in [-0.15, -0.1) is 0 Å². The van der Waals surface area contributed by atoms with Gasteiger partial charge < -0.3 is 10.4 Å². The van der Waals surface area contributed by atoms with E-state index in [1.54, 1.807) is 19.3 Å². The lowest BCUT2D eigenvalue weighted by atomic mass is 9.99. The van der Waals surface area contributed by atoms with E-state index in [2.05, 4.69) is 10.3 Å². The van der Waals surface area contributed by atoms with E-state index < -0.39 is 11.5 Å². The molecule has 4 heteroatoms. The summed E-state index contributed by atoms with van der Waals surface area (Å²) in [6, 6.07) is 3.87. The predicted octanol–water partition coefficient (Wildman–Crippen LogP) is 1.47. The van der Waals surface area contributed by atoms with Crippen LogP contribution in [0.5, 0.6) is 0 Å². The maximum Gasteiger partial charge on any atom is 0.323 e. The number of nitrogens with zero attached hydrogens (tertiary/aromatic N) is 1. The predicted molar refractivity (Wildman–Crippen MR) is 62.3 cm³/mol. The first-order chi connectivity index (χ1) is 7.58. The summed E-state index contributed by atoms with van der Waals surface area (Å²) in [6.45, 7) is 4.23. The normalized spacial score (nSPS) is 14.4. The van der Waals surface area contributed by atoms with Gasteiger partial charge in [0, 0.05) is 18.9 Å². The van der Waals surface area contributed by atoms with Crippen LogP contribution in [0.15, 0.2) is 24.5 Å². The van der Waals surface area contributed by atoms with Gasteiger partial charge in [0.25, 0.3) is 0 Å². The molecule has 0 aromatic carbocycles. The van der Waals surface area contributed by atoms with Gasteiger partial charge >= 0.3 is 5.97 Å². The van der Waals surface area contributed by atoms with Gasteiger partial charge in [0.15, 0.2) is 0 Å².